The first-order chi connectivity index (χ1) is 17.4. The highest BCUT2D eigenvalue weighted by Crippen LogP contribution is 2.26. The predicted octanol–water partition coefficient (Wildman–Crippen LogP) is 4.31. The van der Waals surface area contributed by atoms with E-state index in [1.165, 1.54) is 4.90 Å². The number of terminal acetylenes is 1. The van der Waals surface area contributed by atoms with E-state index in [0.717, 1.165) is 32.1 Å². The zero-order valence-corrected chi connectivity index (χ0v) is 23.3. The summed E-state index contributed by atoms with van der Waals surface area (Å²) in [7, 11) is 0. The van der Waals surface area contributed by atoms with E-state index in [2.05, 4.69) is 23.5 Å². The van der Waals surface area contributed by atoms with Crippen LogP contribution in [-0.4, -0.2) is 58.8 Å². The summed E-state index contributed by atoms with van der Waals surface area (Å²) in [6, 6.07) is 4.50. The van der Waals surface area contributed by atoms with Gasteiger partial charge in [-0.1, -0.05) is 63.1 Å². The van der Waals surface area contributed by atoms with Crippen LogP contribution in [0.1, 0.15) is 97.2 Å². The van der Waals surface area contributed by atoms with Gasteiger partial charge < -0.3 is 25.4 Å². The predicted molar refractivity (Wildman–Crippen MR) is 146 cm³/mol. The molecule has 2 atom stereocenters. The van der Waals surface area contributed by atoms with E-state index in [4.69, 9.17) is 11.2 Å². The molecular weight excluding hydrogens is 470 g/mol. The molecule has 1 aromatic carbocycles. The Morgan fingerprint density at radius 2 is 1.68 bits per heavy atom. The van der Waals surface area contributed by atoms with E-state index in [-0.39, 0.29) is 18.5 Å². The Morgan fingerprint density at radius 3 is 2.24 bits per heavy atom. The molecule has 206 valence electrons. The number of alkyl carbamates (subject to hydrolysis) is 1. The number of benzene rings is 1. The fourth-order valence-electron chi connectivity index (χ4n) is 3.95. The second kappa shape index (κ2) is 15.9. The fraction of sp³-hybridized carbons (Fsp3) is 0.621. The number of amides is 3. The number of aliphatic hydroxyl groups is 1. The van der Waals surface area contributed by atoms with Gasteiger partial charge in [0.15, 0.2) is 0 Å². The van der Waals surface area contributed by atoms with E-state index in [1.807, 2.05) is 13.8 Å². The van der Waals surface area contributed by atoms with Gasteiger partial charge in [0, 0.05) is 18.2 Å². The summed E-state index contributed by atoms with van der Waals surface area (Å²) in [5, 5.41) is 15.4. The lowest BCUT2D eigenvalue weighted by Gasteiger charge is -2.35. The number of ether oxygens (including phenoxy) is 1. The molecule has 37 heavy (non-hydrogen) atoms. The third-order valence-electron chi connectivity index (χ3n) is 5.61. The summed E-state index contributed by atoms with van der Waals surface area (Å²) in [6.45, 7) is 10.5. The number of hydrogen-bond acceptors (Lipinski definition) is 5. The van der Waals surface area contributed by atoms with Crippen molar-refractivity contribution in [1.29, 1.82) is 0 Å². The summed E-state index contributed by atoms with van der Waals surface area (Å²) >= 11 is 0. The van der Waals surface area contributed by atoms with Gasteiger partial charge in [0.2, 0.25) is 11.8 Å². The number of nitrogens with zero attached hydrogens (tertiary/aromatic N) is 1. The Hall–Kier alpha value is -3.05. The zero-order valence-electron chi connectivity index (χ0n) is 23.3. The van der Waals surface area contributed by atoms with Crippen molar-refractivity contribution in [3.05, 3.63) is 35.4 Å². The minimum Gasteiger partial charge on any atom is -0.444 e. The van der Waals surface area contributed by atoms with Gasteiger partial charge in [-0.05, 0) is 52.7 Å². The van der Waals surface area contributed by atoms with E-state index in [1.54, 1.807) is 45.0 Å². The maximum atomic E-state index is 13.8. The minimum absolute atomic E-state index is 0.174. The molecule has 8 nitrogen and oxygen atoms in total. The average molecular weight is 516 g/mol. The van der Waals surface area contributed by atoms with Crippen LogP contribution in [0.2, 0.25) is 0 Å². The first kappa shape index (κ1) is 32.0. The first-order valence-electron chi connectivity index (χ1n) is 13.2. The Morgan fingerprint density at radius 1 is 1.05 bits per heavy atom. The Bertz CT molecular complexity index is 917. The van der Waals surface area contributed by atoms with Crippen LogP contribution in [0.15, 0.2) is 24.3 Å². The SMILES string of the molecule is C#Cc1ccccc1C(C(=O)NC(C)C)N(CCCCCCCC)C(=O)C(CO)NC(=O)OC(C)(C)C. The van der Waals surface area contributed by atoms with E-state index in [0.29, 0.717) is 17.5 Å². The topological polar surface area (TPSA) is 108 Å². The van der Waals surface area contributed by atoms with Gasteiger partial charge in [-0.2, -0.15) is 0 Å². The molecule has 0 aliphatic carbocycles. The summed E-state index contributed by atoms with van der Waals surface area (Å²) in [5.74, 6) is 1.64. The molecule has 0 saturated heterocycles. The van der Waals surface area contributed by atoms with E-state index in [9.17, 15) is 19.5 Å². The van der Waals surface area contributed by atoms with Crippen molar-refractivity contribution in [2.24, 2.45) is 0 Å². The summed E-state index contributed by atoms with van der Waals surface area (Å²) in [6.07, 6.45) is 10.8. The summed E-state index contributed by atoms with van der Waals surface area (Å²) in [5.41, 5.74) is 0.223. The van der Waals surface area contributed by atoms with Crippen LogP contribution in [-0.2, 0) is 14.3 Å². The number of hydrogen-bond donors (Lipinski definition) is 3. The molecule has 0 saturated carbocycles. The molecular formula is C29H45N3O5. The second-order valence-corrected chi connectivity index (χ2v) is 10.5. The Labute approximate surface area is 222 Å². The summed E-state index contributed by atoms with van der Waals surface area (Å²) in [4.78, 5) is 41.2. The quantitative estimate of drug-likeness (QED) is 0.253. The van der Waals surface area contributed by atoms with Crippen molar-refractivity contribution in [2.45, 2.75) is 104 Å². The molecule has 2 unspecified atom stereocenters. The number of unbranched alkanes of at least 4 members (excludes halogenated alkanes) is 5. The normalized spacial score (nSPS) is 12.8. The van der Waals surface area contributed by atoms with Gasteiger partial charge in [0.05, 0.1) is 6.61 Å². The van der Waals surface area contributed by atoms with Crippen molar-refractivity contribution >= 4 is 17.9 Å². The van der Waals surface area contributed by atoms with Crippen LogP contribution in [0.3, 0.4) is 0 Å². The smallest absolute Gasteiger partial charge is 0.408 e. The third kappa shape index (κ3) is 11.3. The van der Waals surface area contributed by atoms with Crippen molar-refractivity contribution in [3.8, 4) is 12.3 Å². The molecule has 0 fully saturated rings. The fourth-order valence-corrected chi connectivity index (χ4v) is 3.95. The van der Waals surface area contributed by atoms with Gasteiger partial charge in [-0.25, -0.2) is 4.79 Å². The van der Waals surface area contributed by atoms with Gasteiger partial charge in [0.1, 0.15) is 17.7 Å². The molecule has 3 amide bonds. The molecule has 1 rings (SSSR count). The van der Waals surface area contributed by atoms with Gasteiger partial charge in [-0.3, -0.25) is 9.59 Å². The van der Waals surface area contributed by atoms with Crippen molar-refractivity contribution in [2.75, 3.05) is 13.2 Å². The minimum atomic E-state index is -1.29. The largest absolute Gasteiger partial charge is 0.444 e. The molecule has 0 aliphatic rings. The van der Waals surface area contributed by atoms with Crippen LogP contribution >= 0.6 is 0 Å². The van der Waals surface area contributed by atoms with Crippen LogP contribution in [0.25, 0.3) is 0 Å². The Balaban J connectivity index is 3.40. The standard InChI is InChI=1S/C29H45N3O5/c1-8-10-11-12-13-16-19-32(27(35)24(20-33)31-28(36)37-29(5,6)7)25(26(34)30-21(3)4)23-18-15-14-17-22(23)9-2/h2,14-15,17-18,21,24-25,33H,8,10-13,16,19-20H2,1,3-7H3,(H,30,34)(H,31,36). The monoisotopic (exact) mass is 515 g/mol. The average Bonchev–Trinajstić information content (AvgIpc) is 2.82. The van der Waals surface area contributed by atoms with Crippen LogP contribution in [0.4, 0.5) is 4.79 Å². The number of aliphatic hydroxyl groups excluding tert-OH is 1. The lowest BCUT2D eigenvalue weighted by molar-refractivity contribution is -0.143. The molecule has 0 heterocycles. The van der Waals surface area contributed by atoms with Gasteiger partial charge >= 0.3 is 6.09 Å². The lowest BCUT2D eigenvalue weighted by atomic mass is 9.97. The maximum Gasteiger partial charge on any atom is 0.408 e. The van der Waals surface area contributed by atoms with Crippen LogP contribution in [0, 0.1) is 12.3 Å². The highest BCUT2D eigenvalue weighted by Gasteiger charge is 2.36. The number of nitrogens with one attached hydrogen (secondary N) is 2. The summed E-state index contributed by atoms with van der Waals surface area (Å²) < 4.78 is 5.28. The molecule has 1 aromatic rings. The van der Waals surface area contributed by atoms with Crippen molar-refractivity contribution < 1.29 is 24.2 Å². The third-order valence-corrected chi connectivity index (χ3v) is 5.61. The Kier molecular flexibility index (Phi) is 13.8. The van der Waals surface area contributed by atoms with Crippen LogP contribution < -0.4 is 10.6 Å². The number of carbonyl (C=O) groups excluding carboxylic acids is 3. The zero-order chi connectivity index (χ0) is 28.0. The molecule has 8 heteroatoms. The van der Waals surface area contributed by atoms with Crippen molar-refractivity contribution in [1.82, 2.24) is 15.5 Å². The van der Waals surface area contributed by atoms with Crippen LogP contribution in [0.5, 0.6) is 0 Å². The first-order valence-corrected chi connectivity index (χ1v) is 13.2. The highest BCUT2D eigenvalue weighted by molar-refractivity contribution is 5.92. The molecule has 0 bridgehead atoms. The second-order valence-electron chi connectivity index (χ2n) is 10.5. The van der Waals surface area contributed by atoms with E-state index >= 15 is 0 Å². The number of rotatable bonds is 14. The molecule has 0 radical (unpaired) electrons. The molecule has 0 spiro atoms. The maximum absolute atomic E-state index is 13.8. The van der Waals surface area contributed by atoms with Crippen molar-refractivity contribution in [3.63, 3.8) is 0 Å². The van der Waals surface area contributed by atoms with Gasteiger partial charge in [-0.15, -0.1) is 6.42 Å². The van der Waals surface area contributed by atoms with Gasteiger partial charge in [0.25, 0.3) is 0 Å². The van der Waals surface area contributed by atoms with E-state index < -0.39 is 36.3 Å². The molecule has 0 aliphatic heterocycles. The number of carbonyl (C=O) groups is 3. The highest BCUT2D eigenvalue weighted by atomic mass is 16.6. The molecule has 3 N–H and O–H groups in total. The molecule has 0 aromatic heterocycles. The lowest BCUT2D eigenvalue weighted by Crippen LogP contribution is -2.55.